The minimum Gasteiger partial charge on any atom is -0.460 e. The number of aliphatic hydroxyl groups excluding tert-OH is 1. The van der Waals surface area contributed by atoms with Gasteiger partial charge in [-0.2, -0.15) is 4.98 Å². The minimum absolute atomic E-state index is 0.0162. The third kappa shape index (κ3) is 6.85. The topological polar surface area (TPSA) is 125 Å². The van der Waals surface area contributed by atoms with Crippen molar-refractivity contribution in [2.75, 3.05) is 30.3 Å². The van der Waals surface area contributed by atoms with Gasteiger partial charge >= 0.3 is 6.01 Å². The third-order valence-electron chi connectivity index (χ3n) is 5.68. The van der Waals surface area contributed by atoms with Crippen LogP contribution in [0.15, 0.2) is 37.3 Å². The third-order valence-corrected chi connectivity index (χ3v) is 5.68. The molecule has 0 aromatic carbocycles. The molecule has 1 fully saturated rings. The Kier molecular flexibility index (Phi) is 8.53. The predicted octanol–water partition coefficient (Wildman–Crippen LogP) is 2.42. The highest BCUT2D eigenvalue weighted by atomic mass is 16.5. The molecule has 1 aliphatic heterocycles. The Morgan fingerprint density at radius 1 is 1.24 bits per heavy atom. The molecule has 178 valence electrons. The molecule has 1 saturated heterocycles. The van der Waals surface area contributed by atoms with Crippen molar-refractivity contribution >= 4 is 17.7 Å². The van der Waals surface area contributed by atoms with Crippen LogP contribution in [0.3, 0.4) is 0 Å². The molecular formula is C23H33N7O3. The second-order valence-corrected chi connectivity index (χ2v) is 8.45. The number of hydrogen-bond acceptors (Lipinski definition) is 9. The van der Waals surface area contributed by atoms with Crippen molar-refractivity contribution in [3.8, 4) is 6.01 Å². The zero-order valence-electron chi connectivity index (χ0n) is 19.4. The number of aromatic nitrogens is 4. The summed E-state index contributed by atoms with van der Waals surface area (Å²) in [5.41, 5.74) is 0.867. The smallest absolute Gasteiger partial charge is 0.316 e. The first-order valence-electron chi connectivity index (χ1n) is 11.3. The van der Waals surface area contributed by atoms with E-state index < -0.39 is 0 Å². The number of nitrogens with zero attached hydrogens (tertiary/aromatic N) is 5. The number of nitrogens with one attached hydrogen (secondary N) is 2. The van der Waals surface area contributed by atoms with Crippen molar-refractivity contribution in [3.63, 3.8) is 0 Å². The molecule has 3 rings (SSSR count). The van der Waals surface area contributed by atoms with Gasteiger partial charge < -0.3 is 25.4 Å². The number of ether oxygens (including phenoxy) is 1. The molecule has 33 heavy (non-hydrogen) atoms. The summed E-state index contributed by atoms with van der Waals surface area (Å²) < 4.78 is 5.89. The van der Waals surface area contributed by atoms with Crippen molar-refractivity contribution in [2.45, 2.75) is 51.8 Å². The maximum atomic E-state index is 11.7. The van der Waals surface area contributed by atoms with Crippen molar-refractivity contribution < 1.29 is 14.6 Å². The van der Waals surface area contributed by atoms with E-state index >= 15 is 0 Å². The van der Waals surface area contributed by atoms with Crippen LogP contribution in [0.4, 0.5) is 11.8 Å². The van der Waals surface area contributed by atoms with E-state index in [4.69, 9.17) is 4.74 Å². The number of piperidine rings is 1. The van der Waals surface area contributed by atoms with Crippen LogP contribution in [-0.2, 0) is 4.79 Å². The molecule has 0 aliphatic carbocycles. The molecule has 0 saturated carbocycles. The summed E-state index contributed by atoms with van der Waals surface area (Å²) in [6.45, 7) is 10.9. The van der Waals surface area contributed by atoms with Gasteiger partial charge in [0, 0.05) is 50.1 Å². The van der Waals surface area contributed by atoms with Crippen LogP contribution in [0, 0.1) is 5.92 Å². The first kappa shape index (κ1) is 24.4. The summed E-state index contributed by atoms with van der Waals surface area (Å²) in [5, 5.41) is 16.0. The Morgan fingerprint density at radius 2 is 1.94 bits per heavy atom. The molecule has 0 unspecified atom stereocenters. The van der Waals surface area contributed by atoms with Gasteiger partial charge in [0.25, 0.3) is 0 Å². The number of anilines is 2. The number of hydrogen-bond donors (Lipinski definition) is 3. The first-order valence-corrected chi connectivity index (χ1v) is 11.3. The largest absolute Gasteiger partial charge is 0.460 e. The molecule has 2 atom stereocenters. The van der Waals surface area contributed by atoms with Gasteiger partial charge in [0.15, 0.2) is 0 Å². The quantitative estimate of drug-likeness (QED) is 0.463. The van der Waals surface area contributed by atoms with E-state index in [0.29, 0.717) is 30.9 Å². The number of amides is 1. The molecule has 0 radical (unpaired) electrons. The summed E-state index contributed by atoms with van der Waals surface area (Å²) >= 11 is 0. The van der Waals surface area contributed by atoms with Crippen molar-refractivity contribution in [2.24, 2.45) is 5.92 Å². The van der Waals surface area contributed by atoms with Gasteiger partial charge in [-0.3, -0.25) is 4.79 Å². The second kappa shape index (κ2) is 11.6. The molecule has 3 N–H and O–H groups in total. The Balaban J connectivity index is 1.53. The Hall–Kier alpha value is -3.27. The van der Waals surface area contributed by atoms with Gasteiger partial charge in [-0.1, -0.05) is 20.4 Å². The zero-order chi connectivity index (χ0) is 23.8. The molecule has 0 bridgehead atoms. The number of likely N-dealkylation sites (tertiary alicyclic amines) is 1. The zero-order valence-corrected chi connectivity index (χ0v) is 19.4. The lowest BCUT2D eigenvalue weighted by Crippen LogP contribution is -2.41. The van der Waals surface area contributed by atoms with Gasteiger partial charge in [0.2, 0.25) is 11.9 Å². The Labute approximate surface area is 194 Å². The molecule has 10 heteroatoms. The van der Waals surface area contributed by atoms with E-state index in [-0.39, 0.29) is 36.6 Å². The molecule has 10 nitrogen and oxygen atoms in total. The van der Waals surface area contributed by atoms with E-state index in [2.05, 4.69) is 37.1 Å². The SMILES string of the molecule is C=CC(=O)N1CCC(Oc2ncc([C@H](C)Nc3nccc(N[C@H](CO)C(C)C)n3)cn2)CC1. The van der Waals surface area contributed by atoms with Crippen LogP contribution < -0.4 is 15.4 Å². The molecule has 2 aromatic heterocycles. The monoisotopic (exact) mass is 455 g/mol. The molecule has 3 heterocycles. The van der Waals surface area contributed by atoms with Crippen LogP contribution in [0.1, 0.15) is 45.2 Å². The average Bonchev–Trinajstić information content (AvgIpc) is 2.83. The number of carbonyl (C=O) groups excluding carboxylic acids is 1. The number of rotatable bonds is 10. The Bertz CT molecular complexity index is 915. The molecule has 1 amide bonds. The van der Waals surface area contributed by atoms with Gasteiger partial charge in [-0.15, -0.1) is 0 Å². The van der Waals surface area contributed by atoms with Gasteiger partial charge in [-0.05, 0) is 25.0 Å². The molecule has 0 spiro atoms. The van der Waals surface area contributed by atoms with E-state index in [1.54, 1.807) is 29.6 Å². The van der Waals surface area contributed by atoms with Crippen molar-refractivity contribution in [1.29, 1.82) is 0 Å². The standard InChI is InChI=1S/C23H33N7O3/c1-5-21(32)30-10-7-18(8-11-30)33-23-25-12-17(13-26-23)16(4)27-22-24-9-6-20(29-22)28-19(14-31)15(2)3/h5-6,9,12-13,15-16,18-19,31H,1,7-8,10-11,14H2,2-4H3,(H2,24,27,28,29)/t16-,19+/m0/s1. The van der Waals surface area contributed by atoms with Crippen LogP contribution >= 0.6 is 0 Å². The van der Waals surface area contributed by atoms with E-state index in [9.17, 15) is 9.90 Å². The lowest BCUT2D eigenvalue weighted by molar-refractivity contribution is -0.127. The highest BCUT2D eigenvalue weighted by Crippen LogP contribution is 2.20. The summed E-state index contributed by atoms with van der Waals surface area (Å²) in [6.07, 6.45) is 7.90. The predicted molar refractivity (Wildman–Crippen MR) is 126 cm³/mol. The number of carbonyl (C=O) groups is 1. The molecule has 2 aromatic rings. The van der Waals surface area contributed by atoms with E-state index in [1.807, 2.05) is 20.8 Å². The summed E-state index contributed by atoms with van der Waals surface area (Å²) in [4.78, 5) is 30.9. The lowest BCUT2D eigenvalue weighted by Gasteiger charge is -2.30. The van der Waals surface area contributed by atoms with Gasteiger partial charge in [-0.25, -0.2) is 15.0 Å². The highest BCUT2D eigenvalue weighted by molar-refractivity contribution is 5.87. The Morgan fingerprint density at radius 3 is 2.55 bits per heavy atom. The fourth-order valence-corrected chi connectivity index (χ4v) is 3.48. The van der Waals surface area contributed by atoms with Crippen LogP contribution in [0.25, 0.3) is 0 Å². The minimum atomic E-state index is -0.124. The van der Waals surface area contributed by atoms with Crippen LogP contribution in [0.2, 0.25) is 0 Å². The van der Waals surface area contributed by atoms with Crippen LogP contribution in [0.5, 0.6) is 6.01 Å². The summed E-state index contributed by atoms with van der Waals surface area (Å²) in [7, 11) is 0. The fraction of sp³-hybridized carbons (Fsp3) is 0.522. The van der Waals surface area contributed by atoms with E-state index in [1.165, 1.54) is 6.08 Å². The van der Waals surface area contributed by atoms with Crippen molar-refractivity contribution in [3.05, 3.63) is 42.9 Å². The summed E-state index contributed by atoms with van der Waals surface area (Å²) in [6, 6.07) is 1.89. The first-order chi connectivity index (χ1) is 15.9. The molecular weight excluding hydrogens is 422 g/mol. The summed E-state index contributed by atoms with van der Waals surface area (Å²) in [5.74, 6) is 1.33. The maximum absolute atomic E-state index is 11.7. The van der Waals surface area contributed by atoms with Crippen molar-refractivity contribution in [1.82, 2.24) is 24.8 Å². The van der Waals surface area contributed by atoms with E-state index in [0.717, 1.165) is 18.4 Å². The van der Waals surface area contributed by atoms with Gasteiger partial charge in [0.05, 0.1) is 18.7 Å². The lowest BCUT2D eigenvalue weighted by atomic mass is 10.1. The van der Waals surface area contributed by atoms with Gasteiger partial charge in [0.1, 0.15) is 11.9 Å². The average molecular weight is 456 g/mol. The molecule has 1 aliphatic rings. The highest BCUT2D eigenvalue weighted by Gasteiger charge is 2.23. The number of aliphatic hydroxyl groups is 1. The fourth-order valence-electron chi connectivity index (χ4n) is 3.48. The van der Waals surface area contributed by atoms with Crippen LogP contribution in [-0.4, -0.2) is 67.7 Å². The second-order valence-electron chi connectivity index (χ2n) is 8.45. The maximum Gasteiger partial charge on any atom is 0.316 e. The normalized spacial score (nSPS) is 16.2.